The number of aryl methyl sites for hydroxylation is 1. The van der Waals surface area contributed by atoms with Gasteiger partial charge in [0.05, 0.1) is 6.20 Å². The Hall–Kier alpha value is -1.42. The van der Waals surface area contributed by atoms with Crippen molar-refractivity contribution in [2.24, 2.45) is 12.8 Å². The third-order valence-electron chi connectivity index (χ3n) is 1.86. The fourth-order valence-electron chi connectivity index (χ4n) is 1.20. The second-order valence-corrected chi connectivity index (χ2v) is 2.73. The van der Waals surface area contributed by atoms with E-state index in [9.17, 15) is 0 Å². The molecular formula is C8H10N4. The molecule has 2 aromatic rings. The Balaban J connectivity index is 2.69. The Labute approximate surface area is 70.0 Å². The zero-order valence-electron chi connectivity index (χ0n) is 6.86. The first kappa shape index (κ1) is 7.24. The second kappa shape index (κ2) is 2.57. The molecule has 4 nitrogen and oxygen atoms in total. The normalized spacial score (nSPS) is 10.8. The lowest BCUT2D eigenvalue weighted by molar-refractivity contribution is 0.786. The summed E-state index contributed by atoms with van der Waals surface area (Å²) in [4.78, 5) is 4.23. The highest BCUT2D eigenvalue weighted by molar-refractivity contribution is 5.74. The Kier molecular flexibility index (Phi) is 1.55. The van der Waals surface area contributed by atoms with Crippen LogP contribution in [0.4, 0.5) is 0 Å². The van der Waals surface area contributed by atoms with Crippen LogP contribution in [0, 0.1) is 0 Å². The zero-order chi connectivity index (χ0) is 8.55. The van der Waals surface area contributed by atoms with Crippen molar-refractivity contribution in [1.29, 1.82) is 0 Å². The average Bonchev–Trinajstić information content (AvgIpc) is 2.47. The summed E-state index contributed by atoms with van der Waals surface area (Å²) in [5.74, 6) is 0. The predicted octanol–water partition coefficient (Wildman–Crippen LogP) is 0.427. The standard InChI is InChI=1S/C8H10N4/c1-12-8-7(5-11-12)2-6(3-9)4-10-8/h2,4-5H,3,9H2,1H3. The van der Waals surface area contributed by atoms with Crippen molar-refractivity contribution in [3.8, 4) is 0 Å². The number of hydrogen-bond acceptors (Lipinski definition) is 3. The molecule has 0 aliphatic rings. The Morgan fingerprint density at radius 2 is 2.33 bits per heavy atom. The van der Waals surface area contributed by atoms with Gasteiger partial charge in [0.2, 0.25) is 0 Å². The van der Waals surface area contributed by atoms with Gasteiger partial charge in [-0.15, -0.1) is 0 Å². The minimum absolute atomic E-state index is 0.526. The summed E-state index contributed by atoms with van der Waals surface area (Å²) in [5.41, 5.74) is 7.41. The number of hydrogen-bond donors (Lipinski definition) is 1. The van der Waals surface area contributed by atoms with Crippen LogP contribution in [0.2, 0.25) is 0 Å². The summed E-state index contributed by atoms with van der Waals surface area (Å²) in [6.45, 7) is 0.526. The molecule has 2 aromatic heterocycles. The molecule has 0 spiro atoms. The molecule has 62 valence electrons. The van der Waals surface area contributed by atoms with Crippen molar-refractivity contribution in [2.45, 2.75) is 6.54 Å². The largest absolute Gasteiger partial charge is 0.326 e. The van der Waals surface area contributed by atoms with Gasteiger partial charge in [-0.2, -0.15) is 5.10 Å². The van der Waals surface area contributed by atoms with E-state index >= 15 is 0 Å². The van der Waals surface area contributed by atoms with Gasteiger partial charge in [0, 0.05) is 25.2 Å². The molecule has 0 bridgehead atoms. The van der Waals surface area contributed by atoms with Gasteiger partial charge in [-0.05, 0) is 11.6 Å². The van der Waals surface area contributed by atoms with Gasteiger partial charge in [0.1, 0.15) is 0 Å². The van der Waals surface area contributed by atoms with Crippen LogP contribution in [0.5, 0.6) is 0 Å². The van der Waals surface area contributed by atoms with Crippen LogP contribution in [0.3, 0.4) is 0 Å². The maximum absolute atomic E-state index is 5.48. The first-order valence-corrected chi connectivity index (χ1v) is 3.78. The number of nitrogens with two attached hydrogens (primary N) is 1. The molecular weight excluding hydrogens is 152 g/mol. The van der Waals surface area contributed by atoms with E-state index in [1.807, 2.05) is 13.1 Å². The first-order chi connectivity index (χ1) is 5.81. The second-order valence-electron chi connectivity index (χ2n) is 2.73. The molecule has 0 saturated heterocycles. The summed E-state index contributed by atoms with van der Waals surface area (Å²) in [7, 11) is 1.87. The van der Waals surface area contributed by atoms with Crippen LogP contribution < -0.4 is 5.73 Å². The van der Waals surface area contributed by atoms with Gasteiger partial charge >= 0.3 is 0 Å². The third-order valence-corrected chi connectivity index (χ3v) is 1.86. The van der Waals surface area contributed by atoms with Crippen molar-refractivity contribution in [3.05, 3.63) is 24.0 Å². The van der Waals surface area contributed by atoms with E-state index in [0.29, 0.717) is 6.54 Å². The van der Waals surface area contributed by atoms with E-state index in [1.54, 1.807) is 17.1 Å². The van der Waals surface area contributed by atoms with E-state index in [1.165, 1.54) is 0 Å². The molecule has 4 heteroatoms. The van der Waals surface area contributed by atoms with Crippen molar-refractivity contribution in [2.75, 3.05) is 0 Å². The summed E-state index contributed by atoms with van der Waals surface area (Å²) in [5, 5.41) is 5.13. The molecule has 12 heavy (non-hydrogen) atoms. The third kappa shape index (κ3) is 0.967. The number of nitrogens with zero attached hydrogens (tertiary/aromatic N) is 3. The Morgan fingerprint density at radius 3 is 3.08 bits per heavy atom. The Morgan fingerprint density at radius 1 is 1.50 bits per heavy atom. The number of fused-ring (bicyclic) bond motifs is 1. The lowest BCUT2D eigenvalue weighted by Gasteiger charge is -1.95. The topological polar surface area (TPSA) is 56.7 Å². The highest BCUT2D eigenvalue weighted by Gasteiger charge is 2.00. The molecule has 2 heterocycles. The summed E-state index contributed by atoms with van der Waals surface area (Å²) in [6, 6.07) is 2.01. The first-order valence-electron chi connectivity index (χ1n) is 3.78. The van der Waals surface area contributed by atoms with Crippen LogP contribution in [-0.2, 0) is 13.6 Å². The molecule has 0 atom stereocenters. The van der Waals surface area contributed by atoms with E-state index in [-0.39, 0.29) is 0 Å². The fraction of sp³-hybridized carbons (Fsp3) is 0.250. The van der Waals surface area contributed by atoms with Gasteiger partial charge in [-0.25, -0.2) is 4.98 Å². The SMILES string of the molecule is Cn1ncc2cc(CN)cnc21. The van der Waals surface area contributed by atoms with E-state index < -0.39 is 0 Å². The number of pyridine rings is 1. The van der Waals surface area contributed by atoms with Crippen molar-refractivity contribution < 1.29 is 0 Å². The summed E-state index contributed by atoms with van der Waals surface area (Å²) >= 11 is 0. The van der Waals surface area contributed by atoms with Crippen molar-refractivity contribution in [1.82, 2.24) is 14.8 Å². The molecule has 2 rings (SSSR count). The molecule has 2 N–H and O–H groups in total. The molecule has 0 radical (unpaired) electrons. The smallest absolute Gasteiger partial charge is 0.157 e. The minimum atomic E-state index is 0.526. The van der Waals surface area contributed by atoms with Gasteiger partial charge in [-0.3, -0.25) is 4.68 Å². The molecule has 0 saturated carbocycles. The highest BCUT2D eigenvalue weighted by Crippen LogP contribution is 2.10. The van der Waals surface area contributed by atoms with Crippen LogP contribution in [-0.4, -0.2) is 14.8 Å². The van der Waals surface area contributed by atoms with Crippen LogP contribution >= 0.6 is 0 Å². The Bertz CT molecular complexity index is 404. The average molecular weight is 162 g/mol. The molecule has 0 aliphatic carbocycles. The fourth-order valence-corrected chi connectivity index (χ4v) is 1.20. The lowest BCUT2D eigenvalue weighted by Crippen LogP contribution is -1.97. The zero-order valence-corrected chi connectivity index (χ0v) is 6.86. The maximum Gasteiger partial charge on any atom is 0.157 e. The van der Waals surface area contributed by atoms with Gasteiger partial charge < -0.3 is 5.73 Å². The van der Waals surface area contributed by atoms with E-state index in [4.69, 9.17) is 5.73 Å². The van der Waals surface area contributed by atoms with Gasteiger partial charge in [0.25, 0.3) is 0 Å². The molecule has 0 aliphatic heterocycles. The van der Waals surface area contributed by atoms with E-state index in [2.05, 4.69) is 10.1 Å². The van der Waals surface area contributed by atoms with Crippen molar-refractivity contribution >= 4 is 11.0 Å². The number of aromatic nitrogens is 3. The van der Waals surface area contributed by atoms with Crippen molar-refractivity contribution in [3.63, 3.8) is 0 Å². The molecule has 0 amide bonds. The quantitative estimate of drug-likeness (QED) is 0.661. The molecule has 0 unspecified atom stereocenters. The van der Waals surface area contributed by atoms with E-state index in [0.717, 1.165) is 16.6 Å². The molecule has 0 aromatic carbocycles. The monoisotopic (exact) mass is 162 g/mol. The van der Waals surface area contributed by atoms with Gasteiger partial charge in [-0.1, -0.05) is 0 Å². The number of rotatable bonds is 1. The maximum atomic E-state index is 5.48. The molecule has 0 fully saturated rings. The van der Waals surface area contributed by atoms with Crippen LogP contribution in [0.15, 0.2) is 18.5 Å². The summed E-state index contributed by atoms with van der Waals surface area (Å²) in [6.07, 6.45) is 3.57. The van der Waals surface area contributed by atoms with Crippen LogP contribution in [0.1, 0.15) is 5.56 Å². The predicted molar refractivity (Wildman–Crippen MR) is 46.4 cm³/mol. The highest BCUT2D eigenvalue weighted by atomic mass is 15.3. The lowest BCUT2D eigenvalue weighted by atomic mass is 10.2. The summed E-state index contributed by atoms with van der Waals surface area (Å²) < 4.78 is 1.75. The minimum Gasteiger partial charge on any atom is -0.326 e. The van der Waals surface area contributed by atoms with Gasteiger partial charge in [0.15, 0.2) is 5.65 Å². The van der Waals surface area contributed by atoms with Crippen LogP contribution in [0.25, 0.3) is 11.0 Å².